The van der Waals surface area contributed by atoms with Gasteiger partial charge in [0, 0.05) is 50.5 Å². The van der Waals surface area contributed by atoms with Crippen LogP contribution in [0.1, 0.15) is 32.4 Å². The van der Waals surface area contributed by atoms with Gasteiger partial charge in [0.05, 0.1) is 19.8 Å². The predicted molar refractivity (Wildman–Crippen MR) is 111 cm³/mol. The van der Waals surface area contributed by atoms with Gasteiger partial charge in [0.25, 0.3) is 5.56 Å². The van der Waals surface area contributed by atoms with Gasteiger partial charge in [-0.05, 0) is 39.7 Å². The van der Waals surface area contributed by atoms with Crippen molar-refractivity contribution in [2.24, 2.45) is 4.99 Å². The summed E-state index contributed by atoms with van der Waals surface area (Å²) >= 11 is 0. The Labute approximate surface area is 162 Å². The molecule has 7 nitrogen and oxygen atoms in total. The third kappa shape index (κ3) is 7.34. The van der Waals surface area contributed by atoms with Crippen molar-refractivity contribution in [2.45, 2.75) is 46.2 Å². The molecular weight excluding hydrogens is 342 g/mol. The number of hydrogen-bond donors (Lipinski definition) is 2. The van der Waals surface area contributed by atoms with Gasteiger partial charge < -0.3 is 19.9 Å². The summed E-state index contributed by atoms with van der Waals surface area (Å²) in [5, 5.41) is 6.71. The number of aromatic nitrogens is 1. The lowest BCUT2D eigenvalue weighted by Crippen LogP contribution is -2.44. The van der Waals surface area contributed by atoms with Crippen molar-refractivity contribution in [3.8, 4) is 0 Å². The maximum Gasteiger partial charge on any atom is 0.250 e. The minimum absolute atomic E-state index is 0.0787. The fourth-order valence-electron chi connectivity index (χ4n) is 3.21. The van der Waals surface area contributed by atoms with E-state index in [1.54, 1.807) is 6.07 Å². The Morgan fingerprint density at radius 2 is 2.04 bits per heavy atom. The number of nitrogens with one attached hydrogen (secondary N) is 2. The SMILES string of the molecule is CCNC(=NCC(C)N1CCOCC1)NCCCCn1c(C)cccc1=O. The molecule has 0 saturated carbocycles. The Morgan fingerprint density at radius 3 is 2.74 bits per heavy atom. The molecule has 152 valence electrons. The molecule has 2 heterocycles. The first-order chi connectivity index (χ1) is 13.1. The highest BCUT2D eigenvalue weighted by Crippen LogP contribution is 2.04. The van der Waals surface area contributed by atoms with Gasteiger partial charge in [-0.15, -0.1) is 0 Å². The smallest absolute Gasteiger partial charge is 0.250 e. The standard InChI is InChI=1S/C20H35N5O2/c1-4-21-20(23-16-18(3)24-12-14-27-15-13-24)22-10-5-6-11-25-17(2)8-7-9-19(25)26/h7-9,18H,4-6,10-16H2,1-3H3,(H2,21,22,23). The van der Waals surface area contributed by atoms with Gasteiger partial charge in [-0.1, -0.05) is 6.07 Å². The van der Waals surface area contributed by atoms with Crippen LogP contribution >= 0.6 is 0 Å². The van der Waals surface area contributed by atoms with E-state index in [-0.39, 0.29) is 5.56 Å². The lowest BCUT2D eigenvalue weighted by atomic mass is 10.2. The van der Waals surface area contributed by atoms with E-state index in [0.29, 0.717) is 6.04 Å². The molecule has 0 amide bonds. The second-order valence-electron chi connectivity index (χ2n) is 7.01. The fourth-order valence-corrected chi connectivity index (χ4v) is 3.21. The molecule has 1 aromatic rings. The highest BCUT2D eigenvalue weighted by atomic mass is 16.5. The second-order valence-corrected chi connectivity index (χ2v) is 7.01. The summed E-state index contributed by atoms with van der Waals surface area (Å²) in [5.41, 5.74) is 1.09. The molecule has 0 aromatic carbocycles. The van der Waals surface area contributed by atoms with Crippen LogP contribution in [-0.2, 0) is 11.3 Å². The van der Waals surface area contributed by atoms with E-state index >= 15 is 0 Å². The molecule has 1 aromatic heterocycles. The molecule has 2 rings (SSSR count). The first kappa shape index (κ1) is 21.4. The number of morpholine rings is 1. The number of ether oxygens (including phenoxy) is 1. The summed E-state index contributed by atoms with van der Waals surface area (Å²) < 4.78 is 7.25. The zero-order valence-corrected chi connectivity index (χ0v) is 17.0. The van der Waals surface area contributed by atoms with Gasteiger partial charge in [-0.25, -0.2) is 0 Å². The molecule has 1 unspecified atom stereocenters. The average Bonchev–Trinajstić information content (AvgIpc) is 2.68. The van der Waals surface area contributed by atoms with Crippen LogP contribution < -0.4 is 16.2 Å². The minimum atomic E-state index is 0.0787. The van der Waals surface area contributed by atoms with E-state index in [1.165, 1.54) is 0 Å². The monoisotopic (exact) mass is 377 g/mol. The van der Waals surface area contributed by atoms with Crippen LogP contribution in [0, 0.1) is 6.92 Å². The molecule has 7 heteroatoms. The molecule has 27 heavy (non-hydrogen) atoms. The molecule has 1 aliphatic rings. The Morgan fingerprint density at radius 1 is 1.26 bits per heavy atom. The largest absolute Gasteiger partial charge is 0.379 e. The van der Waals surface area contributed by atoms with Crippen molar-refractivity contribution < 1.29 is 4.74 Å². The first-order valence-electron chi connectivity index (χ1n) is 10.1. The summed E-state index contributed by atoms with van der Waals surface area (Å²) in [4.78, 5) is 19.0. The van der Waals surface area contributed by atoms with E-state index in [2.05, 4.69) is 29.4 Å². The molecular formula is C20H35N5O2. The quantitative estimate of drug-likeness (QED) is 0.385. The molecule has 1 atom stereocenters. The number of nitrogens with zero attached hydrogens (tertiary/aromatic N) is 3. The zero-order valence-electron chi connectivity index (χ0n) is 17.0. The summed E-state index contributed by atoms with van der Waals surface area (Å²) in [6.45, 7) is 13.1. The summed E-state index contributed by atoms with van der Waals surface area (Å²) in [7, 11) is 0. The van der Waals surface area contributed by atoms with E-state index in [0.717, 1.165) is 77.0 Å². The maximum absolute atomic E-state index is 11.9. The van der Waals surface area contributed by atoms with E-state index in [1.807, 2.05) is 23.6 Å². The van der Waals surface area contributed by atoms with Crippen LogP contribution in [-0.4, -0.2) is 67.4 Å². The highest BCUT2D eigenvalue weighted by Gasteiger charge is 2.16. The van der Waals surface area contributed by atoms with E-state index in [9.17, 15) is 4.79 Å². The van der Waals surface area contributed by atoms with E-state index < -0.39 is 0 Å². The Kier molecular flexibility index (Phi) is 9.35. The van der Waals surface area contributed by atoms with Crippen LogP contribution in [0.25, 0.3) is 0 Å². The van der Waals surface area contributed by atoms with Gasteiger partial charge in [0.15, 0.2) is 5.96 Å². The summed E-state index contributed by atoms with van der Waals surface area (Å²) in [6.07, 6.45) is 1.95. The Bertz CT molecular complexity index is 638. The fraction of sp³-hybridized carbons (Fsp3) is 0.700. The molecule has 0 radical (unpaired) electrons. The molecule has 0 aliphatic carbocycles. The minimum Gasteiger partial charge on any atom is -0.379 e. The number of unbranched alkanes of at least 4 members (excludes halogenated alkanes) is 1. The van der Waals surface area contributed by atoms with Gasteiger partial charge in [0.2, 0.25) is 0 Å². The average molecular weight is 378 g/mol. The molecule has 1 aliphatic heterocycles. The van der Waals surface area contributed by atoms with Gasteiger partial charge in [0.1, 0.15) is 0 Å². The van der Waals surface area contributed by atoms with Gasteiger partial charge in [-0.2, -0.15) is 0 Å². The second kappa shape index (κ2) is 11.8. The molecule has 0 bridgehead atoms. The van der Waals surface area contributed by atoms with Crippen LogP contribution in [0.5, 0.6) is 0 Å². The first-order valence-corrected chi connectivity index (χ1v) is 10.1. The van der Waals surface area contributed by atoms with Gasteiger partial charge >= 0.3 is 0 Å². The lowest BCUT2D eigenvalue weighted by molar-refractivity contribution is 0.0220. The zero-order chi connectivity index (χ0) is 19.5. The number of pyridine rings is 1. The Balaban J connectivity index is 1.72. The van der Waals surface area contributed by atoms with Crippen molar-refractivity contribution in [1.29, 1.82) is 0 Å². The van der Waals surface area contributed by atoms with Crippen molar-refractivity contribution in [1.82, 2.24) is 20.1 Å². The lowest BCUT2D eigenvalue weighted by Gasteiger charge is -2.31. The van der Waals surface area contributed by atoms with Crippen LogP contribution in [0.3, 0.4) is 0 Å². The molecule has 2 N–H and O–H groups in total. The maximum atomic E-state index is 11.9. The van der Waals surface area contributed by atoms with Crippen molar-refractivity contribution >= 4 is 5.96 Å². The molecule has 1 saturated heterocycles. The number of guanidine groups is 1. The van der Waals surface area contributed by atoms with Crippen molar-refractivity contribution in [3.63, 3.8) is 0 Å². The van der Waals surface area contributed by atoms with E-state index in [4.69, 9.17) is 9.73 Å². The summed E-state index contributed by atoms with van der Waals surface area (Å²) in [5.74, 6) is 0.866. The van der Waals surface area contributed by atoms with Gasteiger partial charge in [-0.3, -0.25) is 14.7 Å². The highest BCUT2D eigenvalue weighted by molar-refractivity contribution is 5.79. The van der Waals surface area contributed by atoms with Crippen LogP contribution in [0.2, 0.25) is 0 Å². The predicted octanol–water partition coefficient (Wildman–Crippen LogP) is 1.21. The molecule has 1 fully saturated rings. The molecule has 0 spiro atoms. The van der Waals surface area contributed by atoms with Crippen LogP contribution in [0.15, 0.2) is 28.0 Å². The number of aliphatic imine (C=N–C) groups is 1. The third-order valence-corrected chi connectivity index (χ3v) is 4.90. The third-order valence-electron chi connectivity index (χ3n) is 4.90. The van der Waals surface area contributed by atoms with Crippen molar-refractivity contribution in [2.75, 3.05) is 45.9 Å². The van der Waals surface area contributed by atoms with Crippen molar-refractivity contribution in [3.05, 3.63) is 34.2 Å². The summed E-state index contributed by atoms with van der Waals surface area (Å²) in [6, 6.07) is 5.83. The Hall–Kier alpha value is -1.86. The van der Waals surface area contributed by atoms with Crippen LogP contribution in [0.4, 0.5) is 0 Å². The normalized spacial score (nSPS) is 16.9. The number of rotatable bonds is 9. The topological polar surface area (TPSA) is 70.9 Å². The number of hydrogen-bond acceptors (Lipinski definition) is 4. The number of aryl methyl sites for hydroxylation is 1.